The fourth-order valence-electron chi connectivity index (χ4n) is 2.82. The van der Waals surface area contributed by atoms with E-state index in [0.717, 1.165) is 32.2 Å². The molecule has 0 aromatic carbocycles. The molecule has 1 aromatic heterocycles. The number of likely N-dealkylation sites (tertiary alicyclic amines) is 1. The van der Waals surface area contributed by atoms with Crippen molar-refractivity contribution >= 4 is 17.3 Å². The summed E-state index contributed by atoms with van der Waals surface area (Å²) in [6.07, 6.45) is 2.61. The normalized spacial score (nSPS) is 17.4. The highest BCUT2D eigenvalue weighted by Crippen LogP contribution is 2.28. The lowest BCUT2D eigenvalue weighted by Crippen LogP contribution is -2.39. The van der Waals surface area contributed by atoms with Crippen LogP contribution in [0.4, 0.5) is 0 Å². The lowest BCUT2D eigenvalue weighted by Gasteiger charge is -2.25. The van der Waals surface area contributed by atoms with Crippen molar-refractivity contribution in [1.82, 2.24) is 15.5 Å². The monoisotopic (exact) mass is 338 g/mol. The highest BCUT2D eigenvalue weighted by Gasteiger charge is 2.24. The van der Waals surface area contributed by atoms with Gasteiger partial charge in [-0.25, -0.2) is 0 Å². The Labute approximate surface area is 144 Å². The lowest BCUT2D eigenvalue weighted by atomic mass is 10.2. The summed E-state index contributed by atoms with van der Waals surface area (Å²) in [5.41, 5.74) is 0. The van der Waals surface area contributed by atoms with E-state index in [2.05, 4.69) is 40.0 Å². The van der Waals surface area contributed by atoms with E-state index in [0.29, 0.717) is 12.6 Å². The summed E-state index contributed by atoms with van der Waals surface area (Å²) in [7, 11) is 0. The molecule has 2 rings (SSSR count). The molecule has 1 fully saturated rings. The first-order chi connectivity index (χ1) is 11.3. The number of thiophene rings is 1. The minimum atomic E-state index is 0.403. The molecule has 130 valence electrons. The van der Waals surface area contributed by atoms with Crippen molar-refractivity contribution in [2.24, 2.45) is 4.99 Å². The van der Waals surface area contributed by atoms with Gasteiger partial charge in [-0.05, 0) is 51.2 Å². The summed E-state index contributed by atoms with van der Waals surface area (Å²) in [6, 6.07) is 4.77. The van der Waals surface area contributed by atoms with Gasteiger partial charge in [0.15, 0.2) is 5.96 Å². The van der Waals surface area contributed by atoms with Crippen LogP contribution in [-0.2, 0) is 4.74 Å². The number of nitrogens with zero attached hydrogens (tertiary/aromatic N) is 2. The molecule has 2 N–H and O–H groups in total. The van der Waals surface area contributed by atoms with E-state index in [1.54, 1.807) is 0 Å². The van der Waals surface area contributed by atoms with Crippen molar-refractivity contribution in [2.75, 3.05) is 45.9 Å². The van der Waals surface area contributed by atoms with Gasteiger partial charge in [0.1, 0.15) is 0 Å². The molecule has 1 aliphatic heterocycles. The van der Waals surface area contributed by atoms with Gasteiger partial charge in [-0.15, -0.1) is 11.3 Å². The van der Waals surface area contributed by atoms with Gasteiger partial charge < -0.3 is 15.4 Å². The number of aliphatic imine (C=N–C) groups is 1. The molecular formula is C17H30N4OS. The Morgan fingerprint density at radius 1 is 1.35 bits per heavy atom. The average molecular weight is 339 g/mol. The van der Waals surface area contributed by atoms with Crippen LogP contribution >= 0.6 is 11.3 Å². The third kappa shape index (κ3) is 6.12. The molecule has 1 atom stereocenters. The number of hydrogen-bond donors (Lipinski definition) is 2. The Kier molecular flexibility index (Phi) is 8.42. The van der Waals surface area contributed by atoms with Gasteiger partial charge in [-0.1, -0.05) is 6.07 Å². The molecule has 0 bridgehead atoms. The van der Waals surface area contributed by atoms with Crippen molar-refractivity contribution in [1.29, 1.82) is 0 Å². The van der Waals surface area contributed by atoms with Crippen LogP contribution in [0.5, 0.6) is 0 Å². The molecule has 0 amide bonds. The highest BCUT2D eigenvalue weighted by atomic mass is 32.1. The molecule has 2 heterocycles. The highest BCUT2D eigenvalue weighted by molar-refractivity contribution is 7.10. The van der Waals surface area contributed by atoms with Gasteiger partial charge in [-0.3, -0.25) is 9.89 Å². The van der Waals surface area contributed by atoms with Crippen LogP contribution in [0.3, 0.4) is 0 Å². The molecule has 1 aromatic rings. The predicted molar refractivity (Wildman–Crippen MR) is 98.3 cm³/mol. The summed E-state index contributed by atoms with van der Waals surface area (Å²) < 4.78 is 5.38. The zero-order valence-corrected chi connectivity index (χ0v) is 15.2. The molecular weight excluding hydrogens is 308 g/mol. The summed E-state index contributed by atoms with van der Waals surface area (Å²) in [6.45, 7) is 10.4. The molecule has 6 heteroatoms. The fourth-order valence-corrected chi connectivity index (χ4v) is 3.68. The van der Waals surface area contributed by atoms with E-state index in [9.17, 15) is 0 Å². The van der Waals surface area contributed by atoms with Gasteiger partial charge in [-0.2, -0.15) is 0 Å². The Balaban J connectivity index is 1.95. The van der Waals surface area contributed by atoms with Gasteiger partial charge in [0, 0.05) is 24.6 Å². The number of nitrogens with one attached hydrogen (secondary N) is 2. The van der Waals surface area contributed by atoms with Crippen LogP contribution in [0.2, 0.25) is 0 Å². The van der Waals surface area contributed by atoms with Crippen molar-refractivity contribution in [2.45, 2.75) is 32.7 Å². The SMILES string of the molecule is CCNC(=NCC(c1cccs1)N1CCCC1)NCCOCC. The zero-order chi connectivity index (χ0) is 16.3. The van der Waals surface area contributed by atoms with Crippen LogP contribution in [-0.4, -0.2) is 56.8 Å². The van der Waals surface area contributed by atoms with E-state index >= 15 is 0 Å². The van der Waals surface area contributed by atoms with Gasteiger partial charge >= 0.3 is 0 Å². The second-order valence-corrected chi connectivity index (χ2v) is 6.60. The Morgan fingerprint density at radius 3 is 2.83 bits per heavy atom. The van der Waals surface area contributed by atoms with Crippen molar-refractivity contribution in [3.8, 4) is 0 Å². The second kappa shape index (κ2) is 10.6. The van der Waals surface area contributed by atoms with Gasteiger partial charge in [0.25, 0.3) is 0 Å². The molecule has 23 heavy (non-hydrogen) atoms. The van der Waals surface area contributed by atoms with Crippen molar-refractivity contribution < 1.29 is 4.74 Å². The Bertz CT molecular complexity index is 443. The maximum absolute atomic E-state index is 5.38. The van der Waals surface area contributed by atoms with E-state index in [1.807, 2.05) is 18.3 Å². The molecule has 1 unspecified atom stereocenters. The van der Waals surface area contributed by atoms with E-state index in [1.165, 1.54) is 30.8 Å². The fraction of sp³-hybridized carbons (Fsp3) is 0.706. The average Bonchev–Trinajstić information content (AvgIpc) is 3.25. The number of rotatable bonds is 9. The lowest BCUT2D eigenvalue weighted by molar-refractivity contribution is 0.152. The van der Waals surface area contributed by atoms with E-state index in [4.69, 9.17) is 9.73 Å². The van der Waals surface area contributed by atoms with Gasteiger partial charge in [0.2, 0.25) is 0 Å². The summed E-state index contributed by atoms with van der Waals surface area (Å²) in [5, 5.41) is 8.82. The first kappa shape index (κ1) is 18.2. The molecule has 0 aliphatic carbocycles. The van der Waals surface area contributed by atoms with Crippen LogP contribution < -0.4 is 10.6 Å². The quantitative estimate of drug-likeness (QED) is 0.413. The molecule has 1 saturated heterocycles. The number of guanidine groups is 1. The molecule has 0 radical (unpaired) electrons. The molecule has 1 aliphatic rings. The summed E-state index contributed by atoms with van der Waals surface area (Å²) in [4.78, 5) is 8.80. The first-order valence-corrected chi connectivity index (χ1v) is 9.60. The number of ether oxygens (including phenoxy) is 1. The van der Waals surface area contributed by atoms with Crippen LogP contribution in [0, 0.1) is 0 Å². The Morgan fingerprint density at radius 2 is 2.17 bits per heavy atom. The molecule has 0 spiro atoms. The number of hydrogen-bond acceptors (Lipinski definition) is 4. The zero-order valence-electron chi connectivity index (χ0n) is 14.4. The summed E-state index contributed by atoms with van der Waals surface area (Å²) >= 11 is 1.84. The van der Waals surface area contributed by atoms with Crippen LogP contribution in [0.15, 0.2) is 22.5 Å². The minimum Gasteiger partial charge on any atom is -0.380 e. The topological polar surface area (TPSA) is 48.9 Å². The minimum absolute atomic E-state index is 0.403. The predicted octanol–water partition coefficient (Wildman–Crippen LogP) is 2.48. The molecule has 5 nitrogen and oxygen atoms in total. The van der Waals surface area contributed by atoms with Gasteiger partial charge in [0.05, 0.1) is 19.2 Å². The largest absolute Gasteiger partial charge is 0.380 e. The smallest absolute Gasteiger partial charge is 0.191 e. The third-order valence-electron chi connectivity index (χ3n) is 3.96. The van der Waals surface area contributed by atoms with Crippen LogP contribution in [0.1, 0.15) is 37.6 Å². The standard InChI is InChI=1S/C17H30N4OS/c1-3-18-17(19-9-12-22-4-2)20-14-15(16-8-7-13-23-16)21-10-5-6-11-21/h7-8,13,15H,3-6,9-12,14H2,1-2H3,(H2,18,19,20). The first-order valence-electron chi connectivity index (χ1n) is 8.72. The van der Waals surface area contributed by atoms with E-state index in [-0.39, 0.29) is 0 Å². The van der Waals surface area contributed by atoms with Crippen molar-refractivity contribution in [3.05, 3.63) is 22.4 Å². The summed E-state index contributed by atoms with van der Waals surface area (Å²) in [5.74, 6) is 0.882. The van der Waals surface area contributed by atoms with Crippen LogP contribution in [0.25, 0.3) is 0 Å². The maximum atomic E-state index is 5.38. The maximum Gasteiger partial charge on any atom is 0.191 e. The third-order valence-corrected chi connectivity index (χ3v) is 4.94. The Hall–Kier alpha value is -1.11. The van der Waals surface area contributed by atoms with E-state index < -0.39 is 0 Å². The van der Waals surface area contributed by atoms with Crippen molar-refractivity contribution in [3.63, 3.8) is 0 Å². The second-order valence-electron chi connectivity index (χ2n) is 5.62. The molecule has 0 saturated carbocycles.